The molecule has 2 fully saturated rings. The van der Waals surface area contributed by atoms with Gasteiger partial charge in [0.2, 0.25) is 5.91 Å². The van der Waals surface area contributed by atoms with E-state index in [0.717, 1.165) is 31.5 Å². The van der Waals surface area contributed by atoms with Crippen molar-refractivity contribution in [1.29, 1.82) is 0 Å². The Morgan fingerprint density at radius 2 is 2.00 bits per heavy atom. The summed E-state index contributed by atoms with van der Waals surface area (Å²) >= 11 is 0. The zero-order chi connectivity index (χ0) is 13.0. The van der Waals surface area contributed by atoms with Crippen LogP contribution in [0.5, 0.6) is 0 Å². The van der Waals surface area contributed by atoms with E-state index in [9.17, 15) is 4.79 Å². The minimum atomic E-state index is 0.000308. The van der Waals surface area contributed by atoms with E-state index < -0.39 is 0 Å². The van der Waals surface area contributed by atoms with Crippen molar-refractivity contribution >= 4 is 5.91 Å². The first-order chi connectivity index (χ1) is 8.66. The molecule has 3 atom stereocenters. The third-order valence-electron chi connectivity index (χ3n) is 4.55. The summed E-state index contributed by atoms with van der Waals surface area (Å²) in [5, 5.41) is 3.46. The van der Waals surface area contributed by atoms with Gasteiger partial charge in [-0.3, -0.25) is 4.79 Å². The molecular weight excluding hydrogens is 224 g/mol. The summed E-state index contributed by atoms with van der Waals surface area (Å²) in [6, 6.07) is 0.000308. The van der Waals surface area contributed by atoms with E-state index in [2.05, 4.69) is 12.2 Å². The van der Waals surface area contributed by atoms with E-state index in [1.165, 1.54) is 38.5 Å². The van der Waals surface area contributed by atoms with Gasteiger partial charge >= 0.3 is 0 Å². The lowest BCUT2D eigenvalue weighted by atomic mass is 9.82. The number of rotatable bonds is 4. The molecule has 1 saturated carbocycles. The second-order valence-electron chi connectivity index (χ2n) is 6.30. The van der Waals surface area contributed by atoms with E-state index in [1.54, 1.807) is 0 Å². The average Bonchev–Trinajstić information content (AvgIpc) is 2.89. The monoisotopic (exact) mass is 252 g/mol. The Kier molecular flexibility index (Phi) is 5.04. The Bertz CT molecular complexity index is 274. The molecule has 0 aromatic carbocycles. The SMILES string of the molecule is CC1CCCC(CNC(C)C(=O)N2CCCC2)C1. The molecule has 1 aliphatic heterocycles. The van der Waals surface area contributed by atoms with Gasteiger partial charge in [0.1, 0.15) is 0 Å². The van der Waals surface area contributed by atoms with Crippen LogP contribution in [0.4, 0.5) is 0 Å². The molecule has 0 bridgehead atoms. The molecule has 18 heavy (non-hydrogen) atoms. The number of carbonyl (C=O) groups is 1. The number of hydrogen-bond acceptors (Lipinski definition) is 2. The Morgan fingerprint density at radius 1 is 1.28 bits per heavy atom. The summed E-state index contributed by atoms with van der Waals surface area (Å²) in [4.78, 5) is 14.2. The van der Waals surface area contributed by atoms with Crippen LogP contribution in [0.3, 0.4) is 0 Å². The van der Waals surface area contributed by atoms with Gasteiger partial charge in [-0.25, -0.2) is 0 Å². The zero-order valence-corrected chi connectivity index (χ0v) is 12.0. The van der Waals surface area contributed by atoms with Crippen molar-refractivity contribution in [2.75, 3.05) is 19.6 Å². The maximum atomic E-state index is 12.1. The lowest BCUT2D eigenvalue weighted by molar-refractivity contribution is -0.132. The molecule has 3 heteroatoms. The molecule has 3 unspecified atom stereocenters. The highest BCUT2D eigenvalue weighted by atomic mass is 16.2. The van der Waals surface area contributed by atoms with Gasteiger partial charge in [0, 0.05) is 13.1 Å². The number of hydrogen-bond donors (Lipinski definition) is 1. The van der Waals surface area contributed by atoms with E-state index in [4.69, 9.17) is 0 Å². The first-order valence-electron chi connectivity index (χ1n) is 7.69. The Balaban J connectivity index is 1.70. The van der Waals surface area contributed by atoms with Crippen LogP contribution in [-0.2, 0) is 4.79 Å². The molecule has 1 saturated heterocycles. The molecule has 2 aliphatic rings. The fourth-order valence-corrected chi connectivity index (χ4v) is 3.39. The molecule has 104 valence electrons. The number of likely N-dealkylation sites (tertiary alicyclic amines) is 1. The van der Waals surface area contributed by atoms with Gasteiger partial charge in [0.15, 0.2) is 0 Å². The quantitative estimate of drug-likeness (QED) is 0.833. The first kappa shape index (κ1) is 13.9. The van der Waals surface area contributed by atoms with Crippen LogP contribution in [0, 0.1) is 11.8 Å². The fraction of sp³-hybridized carbons (Fsp3) is 0.933. The molecule has 3 nitrogen and oxygen atoms in total. The molecule has 0 aromatic heterocycles. The molecule has 0 aromatic rings. The predicted octanol–water partition coefficient (Wildman–Crippen LogP) is 2.41. The molecule has 1 amide bonds. The topological polar surface area (TPSA) is 32.3 Å². The first-order valence-corrected chi connectivity index (χ1v) is 7.69. The Hall–Kier alpha value is -0.570. The largest absolute Gasteiger partial charge is 0.341 e. The third kappa shape index (κ3) is 3.71. The highest BCUT2D eigenvalue weighted by molar-refractivity contribution is 5.81. The number of carbonyl (C=O) groups excluding carboxylic acids is 1. The van der Waals surface area contributed by atoms with Crippen LogP contribution in [-0.4, -0.2) is 36.5 Å². The summed E-state index contributed by atoms with van der Waals surface area (Å²) in [6.45, 7) is 7.32. The molecule has 1 aliphatic carbocycles. The van der Waals surface area contributed by atoms with Crippen LogP contribution in [0.1, 0.15) is 52.4 Å². The number of amides is 1. The molecular formula is C15H28N2O. The molecule has 0 spiro atoms. The van der Waals surface area contributed by atoms with Crippen molar-refractivity contribution in [3.8, 4) is 0 Å². The second-order valence-corrected chi connectivity index (χ2v) is 6.30. The fourth-order valence-electron chi connectivity index (χ4n) is 3.39. The maximum absolute atomic E-state index is 12.1. The standard InChI is InChI=1S/C15H28N2O/c1-12-6-5-7-14(10-12)11-16-13(2)15(18)17-8-3-4-9-17/h12-14,16H,3-11H2,1-2H3. The minimum absolute atomic E-state index is 0.000308. The van der Waals surface area contributed by atoms with Crippen molar-refractivity contribution in [2.45, 2.75) is 58.4 Å². The van der Waals surface area contributed by atoms with Gasteiger partial charge in [-0.1, -0.05) is 19.8 Å². The van der Waals surface area contributed by atoms with E-state index >= 15 is 0 Å². The summed E-state index contributed by atoms with van der Waals surface area (Å²) < 4.78 is 0. The summed E-state index contributed by atoms with van der Waals surface area (Å²) in [5.41, 5.74) is 0. The van der Waals surface area contributed by atoms with Crippen molar-refractivity contribution in [3.05, 3.63) is 0 Å². The van der Waals surface area contributed by atoms with Gasteiger partial charge in [0.25, 0.3) is 0 Å². The Labute approximate surface area is 111 Å². The second kappa shape index (κ2) is 6.55. The van der Waals surface area contributed by atoms with E-state index in [1.807, 2.05) is 11.8 Å². The van der Waals surface area contributed by atoms with Crippen LogP contribution >= 0.6 is 0 Å². The smallest absolute Gasteiger partial charge is 0.239 e. The Morgan fingerprint density at radius 3 is 2.67 bits per heavy atom. The maximum Gasteiger partial charge on any atom is 0.239 e. The van der Waals surface area contributed by atoms with Gasteiger partial charge < -0.3 is 10.2 Å². The van der Waals surface area contributed by atoms with Gasteiger partial charge in [-0.2, -0.15) is 0 Å². The average molecular weight is 252 g/mol. The van der Waals surface area contributed by atoms with Crippen molar-refractivity contribution < 1.29 is 4.79 Å². The predicted molar refractivity (Wildman–Crippen MR) is 74.4 cm³/mol. The van der Waals surface area contributed by atoms with E-state index in [-0.39, 0.29) is 6.04 Å². The molecule has 1 heterocycles. The zero-order valence-electron chi connectivity index (χ0n) is 12.0. The molecule has 1 N–H and O–H groups in total. The van der Waals surface area contributed by atoms with Crippen LogP contribution in [0.25, 0.3) is 0 Å². The minimum Gasteiger partial charge on any atom is -0.341 e. The number of nitrogens with one attached hydrogen (secondary N) is 1. The van der Waals surface area contributed by atoms with E-state index in [0.29, 0.717) is 5.91 Å². The highest BCUT2D eigenvalue weighted by Gasteiger charge is 2.24. The van der Waals surface area contributed by atoms with Gasteiger partial charge in [-0.05, 0) is 51.0 Å². The van der Waals surface area contributed by atoms with Crippen molar-refractivity contribution in [2.24, 2.45) is 11.8 Å². The third-order valence-corrected chi connectivity index (χ3v) is 4.55. The normalized spacial score (nSPS) is 30.4. The van der Waals surface area contributed by atoms with Crippen molar-refractivity contribution in [1.82, 2.24) is 10.2 Å². The van der Waals surface area contributed by atoms with Gasteiger partial charge in [-0.15, -0.1) is 0 Å². The number of nitrogens with zero attached hydrogens (tertiary/aromatic N) is 1. The van der Waals surface area contributed by atoms with Crippen LogP contribution < -0.4 is 5.32 Å². The highest BCUT2D eigenvalue weighted by Crippen LogP contribution is 2.28. The van der Waals surface area contributed by atoms with Crippen LogP contribution in [0.2, 0.25) is 0 Å². The molecule has 0 radical (unpaired) electrons. The summed E-state index contributed by atoms with van der Waals surface area (Å²) in [6.07, 6.45) is 7.78. The van der Waals surface area contributed by atoms with Gasteiger partial charge in [0.05, 0.1) is 6.04 Å². The lowest BCUT2D eigenvalue weighted by Gasteiger charge is -2.28. The molecule has 2 rings (SSSR count). The van der Waals surface area contributed by atoms with Crippen LogP contribution in [0.15, 0.2) is 0 Å². The van der Waals surface area contributed by atoms with Crippen molar-refractivity contribution in [3.63, 3.8) is 0 Å². The summed E-state index contributed by atoms with van der Waals surface area (Å²) in [5.74, 6) is 1.95. The lowest BCUT2D eigenvalue weighted by Crippen LogP contribution is -2.45. The summed E-state index contributed by atoms with van der Waals surface area (Å²) in [7, 11) is 0.